The molecule has 0 nitrogen and oxygen atoms in total. The molecule has 0 spiro atoms. The van der Waals surface area contributed by atoms with Crippen LogP contribution in [0.4, 0.5) is 0 Å². The van der Waals surface area contributed by atoms with E-state index in [-0.39, 0.29) is 0 Å². The van der Waals surface area contributed by atoms with Gasteiger partial charge in [-0.2, -0.15) is 0 Å². The van der Waals surface area contributed by atoms with Gasteiger partial charge in [0, 0.05) is 11.5 Å². The van der Waals surface area contributed by atoms with Crippen LogP contribution in [0.15, 0.2) is 0 Å². The summed E-state index contributed by atoms with van der Waals surface area (Å²) in [5, 5.41) is 0. The summed E-state index contributed by atoms with van der Waals surface area (Å²) in [7, 11) is 4.30. The molecule has 0 bridgehead atoms. The minimum Gasteiger partial charge on any atom is -0.0942 e. The first-order chi connectivity index (χ1) is 22.9. The fourth-order valence-corrected chi connectivity index (χ4v) is 9.24. The van der Waals surface area contributed by atoms with Gasteiger partial charge in [-0.05, 0) is 12.8 Å². The second-order valence-corrected chi connectivity index (χ2v) is 17.8. The van der Waals surface area contributed by atoms with E-state index in [9.17, 15) is 0 Å². The van der Waals surface area contributed by atoms with Crippen LogP contribution in [0, 0.1) is 0 Å². The molecule has 0 amide bonds. The summed E-state index contributed by atoms with van der Waals surface area (Å²) in [6, 6.07) is 0. The highest BCUT2D eigenvalue weighted by molar-refractivity contribution is 8.76. The maximum Gasteiger partial charge on any atom is 0.00369 e. The molecule has 0 saturated heterocycles. The monoisotopic (exact) mass is 683 g/mol. The van der Waals surface area contributed by atoms with Gasteiger partial charge in [0.15, 0.2) is 0 Å². The van der Waals surface area contributed by atoms with Gasteiger partial charge in [0.2, 0.25) is 0 Å². The Morgan fingerprint density at radius 3 is 0.457 bits per heavy atom. The molecule has 278 valence electrons. The van der Waals surface area contributed by atoms with Gasteiger partial charge in [0.05, 0.1) is 0 Å². The Morgan fingerprint density at radius 1 is 0.174 bits per heavy atom. The third-order valence-electron chi connectivity index (χ3n) is 10.2. The average Bonchev–Trinajstić information content (AvgIpc) is 3.07. The van der Waals surface area contributed by atoms with Crippen molar-refractivity contribution in [2.45, 2.75) is 271 Å². The van der Waals surface area contributed by atoms with Gasteiger partial charge in [0.1, 0.15) is 0 Å². The largest absolute Gasteiger partial charge is 0.0942 e. The van der Waals surface area contributed by atoms with Crippen molar-refractivity contribution in [2.75, 3.05) is 11.5 Å². The molecule has 0 aromatic carbocycles. The topological polar surface area (TPSA) is 0 Å². The van der Waals surface area contributed by atoms with Crippen molar-refractivity contribution in [2.24, 2.45) is 0 Å². The second kappa shape index (κ2) is 45.7. The van der Waals surface area contributed by atoms with Crippen LogP contribution in [-0.2, 0) is 0 Å². The van der Waals surface area contributed by atoms with Crippen LogP contribution in [-0.4, -0.2) is 11.5 Å². The van der Waals surface area contributed by atoms with E-state index in [2.05, 4.69) is 35.4 Å². The van der Waals surface area contributed by atoms with E-state index < -0.39 is 0 Å². The zero-order valence-corrected chi connectivity index (χ0v) is 34.1. The first kappa shape index (κ1) is 46.7. The van der Waals surface area contributed by atoms with Crippen LogP contribution in [0.1, 0.15) is 271 Å². The summed E-state index contributed by atoms with van der Waals surface area (Å²) >= 11 is 0. The molecule has 0 fully saturated rings. The highest BCUT2D eigenvalue weighted by Crippen LogP contribution is 2.25. The molecule has 46 heavy (non-hydrogen) atoms. The molecule has 0 N–H and O–H groups in total. The van der Waals surface area contributed by atoms with Crippen LogP contribution in [0.25, 0.3) is 0 Å². The standard InChI is InChI=1S/C44H90S2/c1-3-5-7-9-11-13-15-17-19-21-23-25-27-29-31-33-35-37-39-41-43-45-46-44-42-40-38-36-34-32-30-28-26-24-22-20-18-16-14-12-10-8-6-4-2/h3-44H2,1-2H3. The Bertz CT molecular complexity index is 448. The maximum absolute atomic E-state index is 2.31. The molecular weight excluding hydrogens is 593 g/mol. The highest BCUT2D eigenvalue weighted by atomic mass is 33.1. The summed E-state index contributed by atoms with van der Waals surface area (Å²) in [6.45, 7) is 4.62. The van der Waals surface area contributed by atoms with E-state index in [1.54, 1.807) is 0 Å². The Morgan fingerprint density at radius 2 is 0.304 bits per heavy atom. The van der Waals surface area contributed by atoms with Crippen molar-refractivity contribution in [3.8, 4) is 0 Å². The number of hydrogen-bond acceptors (Lipinski definition) is 2. The van der Waals surface area contributed by atoms with Gasteiger partial charge in [0.25, 0.3) is 0 Å². The predicted molar refractivity (Wildman–Crippen MR) is 221 cm³/mol. The lowest BCUT2D eigenvalue weighted by Gasteiger charge is -2.05. The van der Waals surface area contributed by atoms with Crippen LogP contribution in [0.3, 0.4) is 0 Å². The summed E-state index contributed by atoms with van der Waals surface area (Å²) in [6.07, 6.45) is 59.0. The predicted octanol–water partition coefficient (Wildman–Crippen LogP) is 18.0. The van der Waals surface area contributed by atoms with Crippen LogP contribution < -0.4 is 0 Å². The summed E-state index contributed by atoms with van der Waals surface area (Å²) in [5.41, 5.74) is 0. The smallest absolute Gasteiger partial charge is 0.00369 e. The van der Waals surface area contributed by atoms with E-state index in [1.165, 1.54) is 268 Å². The summed E-state index contributed by atoms with van der Waals surface area (Å²) in [4.78, 5) is 0. The van der Waals surface area contributed by atoms with Crippen LogP contribution in [0.2, 0.25) is 0 Å². The first-order valence-electron chi connectivity index (χ1n) is 22.2. The van der Waals surface area contributed by atoms with E-state index >= 15 is 0 Å². The molecule has 0 aliphatic rings. The Kier molecular flexibility index (Phi) is 46.4. The first-order valence-corrected chi connectivity index (χ1v) is 24.6. The molecule has 0 aliphatic carbocycles. The lowest BCUT2D eigenvalue weighted by atomic mass is 10.0. The number of rotatable bonds is 43. The zero-order chi connectivity index (χ0) is 33.1. The van der Waals surface area contributed by atoms with Crippen molar-refractivity contribution < 1.29 is 0 Å². The SMILES string of the molecule is CCCCCCCCCCCCCCCCCCCCCCSSCCCCCCCCCCCCCCCCCCCCCC. The van der Waals surface area contributed by atoms with Gasteiger partial charge in [-0.1, -0.05) is 279 Å². The van der Waals surface area contributed by atoms with Gasteiger partial charge in [-0.3, -0.25) is 0 Å². The lowest BCUT2D eigenvalue weighted by Crippen LogP contribution is -1.85. The summed E-state index contributed by atoms with van der Waals surface area (Å²) < 4.78 is 0. The van der Waals surface area contributed by atoms with E-state index in [0.717, 1.165) is 0 Å². The van der Waals surface area contributed by atoms with Gasteiger partial charge in [-0.15, -0.1) is 0 Å². The van der Waals surface area contributed by atoms with Crippen molar-refractivity contribution in [3.63, 3.8) is 0 Å². The van der Waals surface area contributed by atoms with Crippen molar-refractivity contribution in [3.05, 3.63) is 0 Å². The Hall–Kier alpha value is 0.700. The van der Waals surface area contributed by atoms with Crippen LogP contribution in [0.5, 0.6) is 0 Å². The number of hydrogen-bond donors (Lipinski definition) is 0. The molecule has 0 aromatic heterocycles. The molecular formula is C44H90S2. The molecule has 0 unspecified atom stereocenters. The van der Waals surface area contributed by atoms with Crippen molar-refractivity contribution >= 4 is 21.6 Å². The molecule has 0 aliphatic heterocycles. The molecule has 0 aromatic rings. The van der Waals surface area contributed by atoms with Gasteiger partial charge < -0.3 is 0 Å². The fraction of sp³-hybridized carbons (Fsp3) is 1.00. The van der Waals surface area contributed by atoms with Gasteiger partial charge >= 0.3 is 0 Å². The molecule has 2 heteroatoms. The van der Waals surface area contributed by atoms with E-state index in [1.807, 2.05) is 0 Å². The summed E-state index contributed by atoms with van der Waals surface area (Å²) in [5.74, 6) is 2.76. The van der Waals surface area contributed by atoms with Crippen LogP contribution >= 0.6 is 21.6 Å². The minimum atomic E-state index is 1.37. The van der Waals surface area contributed by atoms with E-state index in [4.69, 9.17) is 0 Å². The van der Waals surface area contributed by atoms with Crippen molar-refractivity contribution in [1.82, 2.24) is 0 Å². The normalized spacial score (nSPS) is 11.6. The van der Waals surface area contributed by atoms with Gasteiger partial charge in [-0.25, -0.2) is 0 Å². The quantitative estimate of drug-likeness (QED) is 0.0464. The van der Waals surface area contributed by atoms with E-state index in [0.29, 0.717) is 0 Å². The molecule has 0 radical (unpaired) electrons. The molecule has 0 atom stereocenters. The Labute approximate surface area is 302 Å². The Balaban J connectivity index is 3.03. The fourth-order valence-electron chi connectivity index (χ4n) is 6.95. The second-order valence-electron chi connectivity index (χ2n) is 15.1. The lowest BCUT2D eigenvalue weighted by molar-refractivity contribution is 0.523. The average molecular weight is 683 g/mol. The third kappa shape index (κ3) is 44.7. The molecule has 0 rings (SSSR count). The molecule has 0 saturated carbocycles. The third-order valence-corrected chi connectivity index (χ3v) is 12.8. The maximum atomic E-state index is 2.31. The number of unbranched alkanes of at least 4 members (excludes halogenated alkanes) is 38. The molecule has 0 heterocycles. The minimum absolute atomic E-state index is 1.37. The zero-order valence-electron chi connectivity index (χ0n) is 32.5. The highest BCUT2D eigenvalue weighted by Gasteiger charge is 1.98. The van der Waals surface area contributed by atoms with Crippen molar-refractivity contribution in [1.29, 1.82) is 0 Å².